The van der Waals surface area contributed by atoms with Crippen LogP contribution < -0.4 is 0 Å². The van der Waals surface area contributed by atoms with Crippen molar-refractivity contribution in [3.63, 3.8) is 0 Å². The molecule has 0 fully saturated rings. The normalized spacial score (nSPS) is 10.1. The summed E-state index contributed by atoms with van der Waals surface area (Å²) in [4.78, 5) is 24.5. The van der Waals surface area contributed by atoms with Crippen molar-refractivity contribution < 1.29 is 14.3 Å². The smallest absolute Gasteiger partial charge is 0.325 e. The fraction of sp³-hybridized carbons (Fsp3) is 0.250. The Morgan fingerprint density at radius 3 is 2.55 bits per heavy atom. The zero-order valence-corrected chi connectivity index (χ0v) is 11.1. The number of methoxy groups -OCH3 is 1. The second-order valence-electron chi connectivity index (χ2n) is 4.04. The second-order valence-corrected chi connectivity index (χ2v) is 4.04. The van der Waals surface area contributed by atoms with Gasteiger partial charge in [0.1, 0.15) is 12.9 Å². The van der Waals surface area contributed by atoms with Crippen LogP contribution in [-0.4, -0.2) is 57.7 Å². The average molecular weight is 275 g/mol. The SMILES string of the molecule is COC(=O)CN(C)C(=O)c1ccc(-n2cnnn2)cc1. The fourth-order valence-electron chi connectivity index (χ4n) is 1.59. The van der Waals surface area contributed by atoms with E-state index in [1.807, 2.05) is 0 Å². The van der Waals surface area contributed by atoms with E-state index < -0.39 is 5.97 Å². The fourth-order valence-corrected chi connectivity index (χ4v) is 1.59. The minimum atomic E-state index is -0.467. The number of hydrogen-bond donors (Lipinski definition) is 0. The molecule has 1 aromatic carbocycles. The zero-order valence-electron chi connectivity index (χ0n) is 11.1. The first-order chi connectivity index (χ1) is 9.61. The lowest BCUT2D eigenvalue weighted by Crippen LogP contribution is -2.32. The van der Waals surface area contributed by atoms with E-state index in [9.17, 15) is 9.59 Å². The van der Waals surface area contributed by atoms with Crippen LogP contribution in [0.2, 0.25) is 0 Å². The van der Waals surface area contributed by atoms with Gasteiger partial charge < -0.3 is 9.64 Å². The molecule has 20 heavy (non-hydrogen) atoms. The van der Waals surface area contributed by atoms with Crippen LogP contribution in [0.15, 0.2) is 30.6 Å². The van der Waals surface area contributed by atoms with Gasteiger partial charge in [0.2, 0.25) is 0 Å². The summed E-state index contributed by atoms with van der Waals surface area (Å²) < 4.78 is 6.00. The molecule has 0 bridgehead atoms. The molecule has 0 saturated carbocycles. The minimum Gasteiger partial charge on any atom is -0.468 e. The quantitative estimate of drug-likeness (QED) is 0.724. The van der Waals surface area contributed by atoms with Crippen molar-refractivity contribution in [1.82, 2.24) is 25.1 Å². The molecule has 0 aliphatic rings. The number of benzene rings is 1. The Bertz CT molecular complexity index is 594. The Morgan fingerprint density at radius 2 is 2.00 bits per heavy atom. The van der Waals surface area contributed by atoms with Crippen LogP contribution in [0.3, 0.4) is 0 Å². The van der Waals surface area contributed by atoms with Crippen LogP contribution in [0, 0.1) is 0 Å². The number of carbonyl (C=O) groups excluding carboxylic acids is 2. The number of carbonyl (C=O) groups is 2. The molecule has 1 aromatic heterocycles. The molecular formula is C12H13N5O3. The van der Waals surface area contributed by atoms with Gasteiger partial charge in [-0.15, -0.1) is 5.10 Å². The molecule has 0 unspecified atom stereocenters. The van der Waals surface area contributed by atoms with Crippen molar-refractivity contribution in [2.45, 2.75) is 0 Å². The van der Waals surface area contributed by atoms with E-state index in [1.54, 1.807) is 24.3 Å². The number of esters is 1. The minimum absolute atomic E-state index is 0.0932. The maximum atomic E-state index is 12.1. The van der Waals surface area contributed by atoms with Crippen LogP contribution in [0.4, 0.5) is 0 Å². The first-order valence-electron chi connectivity index (χ1n) is 5.77. The molecule has 2 rings (SSSR count). The van der Waals surface area contributed by atoms with Gasteiger partial charge >= 0.3 is 5.97 Å². The lowest BCUT2D eigenvalue weighted by atomic mass is 10.2. The standard InChI is InChI=1S/C12H13N5O3/c1-16(7-11(18)20-2)12(19)9-3-5-10(6-4-9)17-8-13-14-15-17/h3-6,8H,7H2,1-2H3. The molecule has 0 aliphatic heterocycles. The highest BCUT2D eigenvalue weighted by Gasteiger charge is 2.15. The molecule has 0 aliphatic carbocycles. The van der Waals surface area contributed by atoms with E-state index in [0.29, 0.717) is 5.56 Å². The molecule has 0 saturated heterocycles. The maximum absolute atomic E-state index is 12.1. The number of amides is 1. The van der Waals surface area contributed by atoms with Crippen molar-refractivity contribution in [3.8, 4) is 5.69 Å². The third-order valence-corrected chi connectivity index (χ3v) is 2.67. The van der Waals surface area contributed by atoms with Gasteiger partial charge in [-0.1, -0.05) is 0 Å². The van der Waals surface area contributed by atoms with Gasteiger partial charge in [0.05, 0.1) is 12.8 Å². The molecule has 0 atom stereocenters. The van der Waals surface area contributed by atoms with Crippen molar-refractivity contribution in [2.75, 3.05) is 20.7 Å². The number of ether oxygens (including phenoxy) is 1. The van der Waals surface area contributed by atoms with Crippen LogP contribution in [0.1, 0.15) is 10.4 Å². The van der Waals surface area contributed by atoms with Crippen molar-refractivity contribution in [2.24, 2.45) is 0 Å². The molecule has 2 aromatic rings. The third kappa shape index (κ3) is 2.97. The lowest BCUT2D eigenvalue weighted by Gasteiger charge is -2.15. The Balaban J connectivity index is 2.09. The first kappa shape index (κ1) is 13.7. The van der Waals surface area contributed by atoms with Gasteiger partial charge in [-0.05, 0) is 34.7 Å². The lowest BCUT2D eigenvalue weighted by molar-refractivity contribution is -0.141. The molecular weight excluding hydrogens is 262 g/mol. The third-order valence-electron chi connectivity index (χ3n) is 2.67. The second kappa shape index (κ2) is 5.91. The largest absolute Gasteiger partial charge is 0.468 e. The molecule has 104 valence electrons. The van der Waals surface area contributed by atoms with E-state index in [-0.39, 0.29) is 12.5 Å². The summed E-state index contributed by atoms with van der Waals surface area (Å²) in [5.74, 6) is -0.732. The summed E-state index contributed by atoms with van der Waals surface area (Å²) in [7, 11) is 2.82. The van der Waals surface area contributed by atoms with Gasteiger partial charge in [0.25, 0.3) is 5.91 Å². The Labute approximate surface area is 114 Å². The number of tetrazole rings is 1. The highest BCUT2D eigenvalue weighted by Crippen LogP contribution is 2.09. The molecule has 0 N–H and O–H groups in total. The summed E-state index contributed by atoms with van der Waals surface area (Å²) >= 11 is 0. The summed E-state index contributed by atoms with van der Waals surface area (Å²) in [6.07, 6.45) is 1.46. The maximum Gasteiger partial charge on any atom is 0.325 e. The van der Waals surface area contributed by atoms with Crippen LogP contribution in [-0.2, 0) is 9.53 Å². The van der Waals surface area contributed by atoms with Crippen molar-refractivity contribution in [3.05, 3.63) is 36.2 Å². The predicted molar refractivity (Wildman–Crippen MR) is 68.1 cm³/mol. The zero-order chi connectivity index (χ0) is 14.5. The van der Waals surface area contributed by atoms with E-state index in [1.165, 1.54) is 30.1 Å². The monoisotopic (exact) mass is 275 g/mol. The molecule has 1 amide bonds. The van der Waals surface area contributed by atoms with E-state index in [2.05, 4.69) is 20.3 Å². The van der Waals surface area contributed by atoms with Gasteiger partial charge in [-0.3, -0.25) is 9.59 Å². The first-order valence-corrected chi connectivity index (χ1v) is 5.77. The van der Waals surface area contributed by atoms with E-state index >= 15 is 0 Å². The Morgan fingerprint density at radius 1 is 1.30 bits per heavy atom. The van der Waals surface area contributed by atoms with Crippen LogP contribution in [0.5, 0.6) is 0 Å². The molecule has 8 nitrogen and oxygen atoms in total. The van der Waals surface area contributed by atoms with Crippen molar-refractivity contribution in [1.29, 1.82) is 0 Å². The Hall–Kier alpha value is -2.77. The van der Waals surface area contributed by atoms with Gasteiger partial charge in [0, 0.05) is 12.6 Å². The van der Waals surface area contributed by atoms with Gasteiger partial charge in [-0.25, -0.2) is 4.68 Å². The van der Waals surface area contributed by atoms with Crippen LogP contribution in [0.25, 0.3) is 5.69 Å². The predicted octanol–water partition coefficient (Wildman–Crippen LogP) is -0.0927. The topological polar surface area (TPSA) is 90.2 Å². The number of hydrogen-bond acceptors (Lipinski definition) is 6. The number of aromatic nitrogens is 4. The number of likely N-dealkylation sites (N-methyl/N-ethyl adjacent to an activating group) is 1. The van der Waals surface area contributed by atoms with Crippen LogP contribution >= 0.6 is 0 Å². The molecule has 0 radical (unpaired) electrons. The molecule has 8 heteroatoms. The van der Waals surface area contributed by atoms with Gasteiger partial charge in [-0.2, -0.15) is 0 Å². The van der Waals surface area contributed by atoms with E-state index in [0.717, 1.165) is 5.69 Å². The number of nitrogens with zero attached hydrogens (tertiary/aromatic N) is 5. The highest BCUT2D eigenvalue weighted by atomic mass is 16.5. The summed E-state index contributed by atoms with van der Waals surface area (Å²) in [6, 6.07) is 6.73. The van der Waals surface area contributed by atoms with Gasteiger partial charge in [0.15, 0.2) is 0 Å². The van der Waals surface area contributed by atoms with Crippen molar-refractivity contribution >= 4 is 11.9 Å². The summed E-state index contributed by atoms with van der Waals surface area (Å²) in [5.41, 5.74) is 1.20. The molecule has 0 spiro atoms. The summed E-state index contributed by atoms with van der Waals surface area (Å²) in [6.45, 7) is -0.0932. The highest BCUT2D eigenvalue weighted by molar-refractivity contribution is 5.95. The van der Waals surface area contributed by atoms with E-state index in [4.69, 9.17) is 0 Å². The molecule has 1 heterocycles. The average Bonchev–Trinajstić information content (AvgIpc) is 3.00. The number of rotatable bonds is 4. The summed E-state index contributed by atoms with van der Waals surface area (Å²) in [5, 5.41) is 10.8. The Kier molecular flexibility index (Phi) is 4.04.